The lowest BCUT2D eigenvalue weighted by molar-refractivity contribution is -0.123. The van der Waals surface area contributed by atoms with Crippen LogP contribution >= 0.6 is 0 Å². The highest BCUT2D eigenvalue weighted by molar-refractivity contribution is 6.01. The van der Waals surface area contributed by atoms with Gasteiger partial charge in [0.25, 0.3) is 5.91 Å². The molecule has 0 aliphatic heterocycles. The fraction of sp³-hybridized carbons (Fsp3) is 0.190. The molecule has 1 fully saturated rings. The molecule has 0 unspecified atom stereocenters. The molecule has 28 heavy (non-hydrogen) atoms. The molecule has 0 atom stereocenters. The van der Waals surface area contributed by atoms with Gasteiger partial charge in [0.2, 0.25) is 5.91 Å². The van der Waals surface area contributed by atoms with Crippen molar-refractivity contribution in [3.63, 3.8) is 0 Å². The van der Waals surface area contributed by atoms with Crippen LogP contribution in [0.4, 0.5) is 0 Å². The fourth-order valence-electron chi connectivity index (χ4n) is 2.93. The molecule has 1 aliphatic rings. The number of carbonyl (C=O) groups is 2. The zero-order chi connectivity index (χ0) is 19.5. The molecule has 7 heteroatoms. The van der Waals surface area contributed by atoms with Crippen LogP contribution in [0.15, 0.2) is 60.8 Å². The van der Waals surface area contributed by atoms with Gasteiger partial charge in [-0.2, -0.15) is 5.10 Å². The van der Waals surface area contributed by atoms with E-state index in [1.165, 1.54) is 0 Å². The summed E-state index contributed by atoms with van der Waals surface area (Å²) in [7, 11) is 1.57. The van der Waals surface area contributed by atoms with Crippen LogP contribution in [0.1, 0.15) is 23.2 Å². The number of para-hydroxylation sites is 2. The average molecular weight is 376 g/mol. The zero-order valence-electron chi connectivity index (χ0n) is 15.4. The van der Waals surface area contributed by atoms with E-state index in [1.807, 2.05) is 54.6 Å². The highest BCUT2D eigenvalue weighted by atomic mass is 16.5. The molecule has 0 radical (unpaired) electrons. The molecule has 4 rings (SSSR count). The molecule has 2 aromatic carbocycles. The first-order valence-corrected chi connectivity index (χ1v) is 9.06. The number of ether oxygens (including phenoxy) is 1. The van der Waals surface area contributed by atoms with Crippen LogP contribution in [0.5, 0.6) is 5.75 Å². The summed E-state index contributed by atoms with van der Waals surface area (Å²) in [5, 5.41) is 4.62. The van der Waals surface area contributed by atoms with Crippen molar-refractivity contribution in [1.82, 2.24) is 20.6 Å². The van der Waals surface area contributed by atoms with Crippen molar-refractivity contribution in [1.29, 1.82) is 0 Å². The van der Waals surface area contributed by atoms with Crippen molar-refractivity contribution in [3.8, 4) is 22.7 Å². The third kappa shape index (κ3) is 3.59. The first kappa shape index (κ1) is 17.8. The van der Waals surface area contributed by atoms with Gasteiger partial charge in [-0.15, -0.1) is 0 Å². The number of methoxy groups -OCH3 is 1. The van der Waals surface area contributed by atoms with E-state index < -0.39 is 5.91 Å². The Hall–Kier alpha value is -3.61. The second-order valence-corrected chi connectivity index (χ2v) is 6.59. The minimum Gasteiger partial charge on any atom is -0.496 e. The quantitative estimate of drug-likeness (QED) is 0.671. The fourth-order valence-corrected chi connectivity index (χ4v) is 2.93. The van der Waals surface area contributed by atoms with Gasteiger partial charge in [0.05, 0.1) is 18.4 Å². The summed E-state index contributed by atoms with van der Waals surface area (Å²) >= 11 is 0. The second kappa shape index (κ2) is 7.56. The van der Waals surface area contributed by atoms with E-state index in [1.54, 1.807) is 18.0 Å². The molecular formula is C21H20N4O3. The number of nitrogens with zero attached hydrogens (tertiary/aromatic N) is 2. The van der Waals surface area contributed by atoms with Gasteiger partial charge in [-0.3, -0.25) is 20.4 Å². The van der Waals surface area contributed by atoms with Crippen molar-refractivity contribution in [3.05, 3.63) is 66.4 Å². The van der Waals surface area contributed by atoms with Gasteiger partial charge in [0.15, 0.2) is 0 Å². The van der Waals surface area contributed by atoms with Crippen LogP contribution in [0.25, 0.3) is 16.9 Å². The summed E-state index contributed by atoms with van der Waals surface area (Å²) < 4.78 is 7.07. The van der Waals surface area contributed by atoms with Crippen molar-refractivity contribution in [2.75, 3.05) is 7.11 Å². The number of rotatable bonds is 5. The van der Waals surface area contributed by atoms with Gasteiger partial charge in [-0.1, -0.05) is 30.3 Å². The van der Waals surface area contributed by atoms with Crippen molar-refractivity contribution in [2.45, 2.75) is 12.8 Å². The van der Waals surface area contributed by atoms with Crippen LogP contribution in [0, 0.1) is 5.92 Å². The molecular weight excluding hydrogens is 356 g/mol. The molecule has 2 N–H and O–H groups in total. The van der Waals surface area contributed by atoms with Gasteiger partial charge >= 0.3 is 0 Å². The average Bonchev–Trinajstić information content (AvgIpc) is 3.50. The Morgan fingerprint density at radius 1 is 1.04 bits per heavy atom. The highest BCUT2D eigenvalue weighted by Gasteiger charge is 2.30. The van der Waals surface area contributed by atoms with E-state index in [0.29, 0.717) is 22.6 Å². The number of hydrogen-bond donors (Lipinski definition) is 2. The lowest BCUT2D eigenvalue weighted by atomic mass is 10.1. The van der Waals surface area contributed by atoms with Crippen LogP contribution in [-0.2, 0) is 4.79 Å². The Labute approximate surface area is 162 Å². The van der Waals surface area contributed by atoms with E-state index >= 15 is 0 Å². The van der Waals surface area contributed by atoms with Crippen LogP contribution in [0.3, 0.4) is 0 Å². The largest absolute Gasteiger partial charge is 0.496 e. The third-order valence-electron chi connectivity index (χ3n) is 4.59. The number of hydrazine groups is 1. The normalized spacial score (nSPS) is 13.0. The smallest absolute Gasteiger partial charge is 0.273 e. The van der Waals surface area contributed by atoms with Gasteiger partial charge in [0.1, 0.15) is 11.4 Å². The standard InChI is InChI=1S/C21H20N4O3/c1-28-18-10-6-5-9-16(18)19-17(21(27)23-22-20(26)14-11-12-14)13-25(24-19)15-7-3-2-4-8-15/h2-10,13-14H,11-12H2,1H3,(H,22,26)(H,23,27). The van der Waals surface area contributed by atoms with Crippen LogP contribution < -0.4 is 15.6 Å². The summed E-state index contributed by atoms with van der Waals surface area (Å²) in [6.45, 7) is 0. The highest BCUT2D eigenvalue weighted by Crippen LogP contribution is 2.32. The Kier molecular flexibility index (Phi) is 4.80. The van der Waals surface area contributed by atoms with E-state index in [2.05, 4.69) is 16.0 Å². The molecule has 1 aliphatic carbocycles. The Morgan fingerprint density at radius 3 is 2.46 bits per heavy atom. The molecule has 1 heterocycles. The topological polar surface area (TPSA) is 85.2 Å². The SMILES string of the molecule is COc1ccccc1-c1nn(-c2ccccc2)cc1C(=O)NNC(=O)C1CC1. The van der Waals surface area contributed by atoms with Crippen molar-refractivity contribution >= 4 is 11.8 Å². The van der Waals surface area contributed by atoms with Crippen molar-refractivity contribution in [2.24, 2.45) is 5.92 Å². The number of benzene rings is 2. The maximum absolute atomic E-state index is 12.8. The predicted octanol–water partition coefficient (Wildman–Crippen LogP) is 2.72. The maximum Gasteiger partial charge on any atom is 0.273 e. The van der Waals surface area contributed by atoms with E-state index in [0.717, 1.165) is 18.5 Å². The Bertz CT molecular complexity index is 1010. The van der Waals surface area contributed by atoms with Crippen molar-refractivity contribution < 1.29 is 14.3 Å². The van der Waals surface area contributed by atoms with Gasteiger partial charge in [-0.05, 0) is 37.1 Å². The van der Waals surface area contributed by atoms with Gasteiger partial charge in [-0.25, -0.2) is 4.68 Å². The zero-order valence-corrected chi connectivity index (χ0v) is 15.4. The molecule has 142 valence electrons. The summed E-state index contributed by atoms with van der Waals surface area (Å²) in [5.74, 6) is 0.0117. The lowest BCUT2D eigenvalue weighted by Gasteiger charge is -2.09. The first-order valence-electron chi connectivity index (χ1n) is 9.06. The molecule has 0 bridgehead atoms. The first-order chi connectivity index (χ1) is 13.7. The minimum atomic E-state index is -0.433. The molecule has 2 amide bonds. The molecule has 1 aromatic heterocycles. The molecule has 1 saturated carbocycles. The van der Waals surface area contributed by atoms with Gasteiger partial charge < -0.3 is 4.74 Å². The van der Waals surface area contributed by atoms with E-state index in [-0.39, 0.29) is 11.8 Å². The van der Waals surface area contributed by atoms with Crippen LogP contribution in [-0.4, -0.2) is 28.7 Å². The number of hydrogen-bond acceptors (Lipinski definition) is 4. The summed E-state index contributed by atoms with van der Waals surface area (Å²) in [6, 6.07) is 16.9. The number of aromatic nitrogens is 2. The monoisotopic (exact) mass is 376 g/mol. The second-order valence-electron chi connectivity index (χ2n) is 6.59. The third-order valence-corrected chi connectivity index (χ3v) is 4.59. The van der Waals surface area contributed by atoms with Crippen LogP contribution in [0.2, 0.25) is 0 Å². The molecule has 3 aromatic rings. The van der Waals surface area contributed by atoms with Gasteiger partial charge in [0, 0.05) is 17.7 Å². The number of amides is 2. The molecule has 0 spiro atoms. The predicted molar refractivity (Wildman–Crippen MR) is 104 cm³/mol. The lowest BCUT2D eigenvalue weighted by Crippen LogP contribution is -2.42. The van der Waals surface area contributed by atoms with E-state index in [4.69, 9.17) is 4.74 Å². The molecule has 7 nitrogen and oxygen atoms in total. The summed E-state index contributed by atoms with van der Waals surface area (Å²) in [5.41, 5.74) is 7.31. The Balaban J connectivity index is 1.71. The summed E-state index contributed by atoms with van der Waals surface area (Å²) in [4.78, 5) is 24.7. The summed E-state index contributed by atoms with van der Waals surface area (Å²) in [6.07, 6.45) is 3.37. The van der Waals surface area contributed by atoms with E-state index in [9.17, 15) is 9.59 Å². The number of carbonyl (C=O) groups excluding carboxylic acids is 2. The Morgan fingerprint density at radius 2 is 1.75 bits per heavy atom. The number of nitrogens with one attached hydrogen (secondary N) is 2. The molecule has 0 saturated heterocycles. The minimum absolute atomic E-state index is 0.000953. The maximum atomic E-state index is 12.8.